The number of nitrogens with zero attached hydrogens (tertiary/aromatic N) is 1. The van der Waals surface area contributed by atoms with E-state index in [1.54, 1.807) is 11.0 Å². The Balaban J connectivity index is 2.63. The van der Waals surface area contributed by atoms with Gasteiger partial charge >= 0.3 is 11.9 Å². The molecule has 1 heterocycles. The Labute approximate surface area is 151 Å². The van der Waals surface area contributed by atoms with Gasteiger partial charge in [-0.2, -0.15) is 0 Å². The Morgan fingerprint density at radius 3 is 2.35 bits per heavy atom. The molecule has 0 fully saturated rings. The summed E-state index contributed by atoms with van der Waals surface area (Å²) in [5, 5.41) is 2.79. The molecular weight excluding hydrogens is 340 g/mol. The van der Waals surface area contributed by atoms with Crippen molar-refractivity contribution in [2.45, 2.75) is 20.8 Å². The van der Waals surface area contributed by atoms with Crippen molar-refractivity contribution in [1.29, 1.82) is 0 Å². The summed E-state index contributed by atoms with van der Waals surface area (Å²) in [5.74, 6) is -1.54. The molecule has 0 aromatic heterocycles. The lowest BCUT2D eigenvalue weighted by Crippen LogP contribution is -2.39. The lowest BCUT2D eigenvalue weighted by atomic mass is 10.0. The van der Waals surface area contributed by atoms with Crippen LogP contribution < -0.4 is 10.2 Å². The molecule has 8 heteroatoms. The molecule has 0 saturated carbocycles. The molecule has 0 spiro atoms. The summed E-state index contributed by atoms with van der Waals surface area (Å²) >= 11 is 0. The van der Waals surface area contributed by atoms with Crippen LogP contribution in [0.2, 0.25) is 0 Å². The SMILES string of the molecule is COC(=O)C1=C(C(=O)OC)N(c2ccc(C)c(NC(C)=O)c2C)COC1. The zero-order valence-electron chi connectivity index (χ0n) is 15.5. The maximum Gasteiger partial charge on any atom is 0.355 e. The molecule has 0 unspecified atom stereocenters. The maximum absolute atomic E-state index is 12.4. The third-order valence-corrected chi connectivity index (χ3v) is 4.07. The Bertz CT molecular complexity index is 784. The monoisotopic (exact) mass is 362 g/mol. The highest BCUT2D eigenvalue weighted by Gasteiger charge is 2.33. The van der Waals surface area contributed by atoms with Crippen LogP contribution in [0.25, 0.3) is 0 Å². The summed E-state index contributed by atoms with van der Waals surface area (Å²) in [6.07, 6.45) is 0. The number of amides is 1. The van der Waals surface area contributed by atoms with Gasteiger partial charge in [0.1, 0.15) is 12.4 Å². The van der Waals surface area contributed by atoms with Gasteiger partial charge in [0.25, 0.3) is 0 Å². The number of aryl methyl sites for hydroxylation is 1. The second-order valence-electron chi connectivity index (χ2n) is 5.80. The summed E-state index contributed by atoms with van der Waals surface area (Å²) in [5.41, 5.74) is 3.00. The summed E-state index contributed by atoms with van der Waals surface area (Å²) in [6.45, 7) is 5.09. The fourth-order valence-electron chi connectivity index (χ4n) is 2.83. The molecule has 8 nitrogen and oxygen atoms in total. The first-order valence-electron chi connectivity index (χ1n) is 7.94. The Hall–Kier alpha value is -2.87. The predicted octanol–water partition coefficient (Wildman–Crippen LogP) is 1.66. The second kappa shape index (κ2) is 8.01. The highest BCUT2D eigenvalue weighted by Crippen LogP contribution is 2.34. The van der Waals surface area contributed by atoms with Crippen molar-refractivity contribution in [2.24, 2.45) is 0 Å². The van der Waals surface area contributed by atoms with Gasteiger partial charge in [-0.05, 0) is 31.0 Å². The second-order valence-corrected chi connectivity index (χ2v) is 5.80. The number of methoxy groups -OCH3 is 2. The van der Waals surface area contributed by atoms with E-state index < -0.39 is 11.9 Å². The van der Waals surface area contributed by atoms with Gasteiger partial charge in [-0.1, -0.05) is 6.07 Å². The van der Waals surface area contributed by atoms with Gasteiger partial charge in [-0.25, -0.2) is 9.59 Å². The molecule has 0 saturated heterocycles. The fourth-order valence-corrected chi connectivity index (χ4v) is 2.83. The zero-order chi connectivity index (χ0) is 19.4. The van der Waals surface area contributed by atoms with Crippen molar-refractivity contribution in [3.63, 3.8) is 0 Å². The minimum absolute atomic E-state index is 0.0499. The van der Waals surface area contributed by atoms with Crippen LogP contribution in [0, 0.1) is 13.8 Å². The van der Waals surface area contributed by atoms with Crippen LogP contribution in [0.3, 0.4) is 0 Å². The van der Waals surface area contributed by atoms with Crippen LogP contribution in [-0.2, 0) is 28.6 Å². The van der Waals surface area contributed by atoms with Crippen molar-refractivity contribution >= 4 is 29.2 Å². The van der Waals surface area contributed by atoms with E-state index >= 15 is 0 Å². The van der Waals surface area contributed by atoms with Crippen LogP contribution in [-0.4, -0.2) is 45.4 Å². The third kappa shape index (κ3) is 3.70. The number of hydrogen-bond donors (Lipinski definition) is 1. The van der Waals surface area contributed by atoms with Crippen molar-refractivity contribution in [3.05, 3.63) is 34.5 Å². The third-order valence-electron chi connectivity index (χ3n) is 4.07. The Morgan fingerprint density at radius 1 is 1.12 bits per heavy atom. The van der Waals surface area contributed by atoms with E-state index in [2.05, 4.69) is 5.32 Å². The van der Waals surface area contributed by atoms with E-state index in [0.717, 1.165) is 11.1 Å². The number of carbonyl (C=O) groups excluding carboxylic acids is 3. The molecule has 0 radical (unpaired) electrons. The van der Waals surface area contributed by atoms with Crippen molar-refractivity contribution < 1.29 is 28.6 Å². The van der Waals surface area contributed by atoms with Crippen molar-refractivity contribution in [3.8, 4) is 0 Å². The normalized spacial score (nSPS) is 14.1. The van der Waals surface area contributed by atoms with Crippen LogP contribution in [0.15, 0.2) is 23.4 Å². The molecular formula is C18H22N2O6. The predicted molar refractivity (Wildman–Crippen MR) is 94.6 cm³/mol. The first-order chi connectivity index (χ1) is 12.3. The van der Waals surface area contributed by atoms with Gasteiger partial charge in [-0.15, -0.1) is 0 Å². The van der Waals surface area contributed by atoms with E-state index in [1.165, 1.54) is 21.1 Å². The molecule has 1 aliphatic rings. The summed E-state index contributed by atoms with van der Waals surface area (Å²) in [4.78, 5) is 37.5. The fraction of sp³-hybridized carbons (Fsp3) is 0.389. The van der Waals surface area contributed by atoms with E-state index in [4.69, 9.17) is 14.2 Å². The maximum atomic E-state index is 12.4. The van der Waals surface area contributed by atoms with Gasteiger partial charge in [0, 0.05) is 18.3 Å². The van der Waals surface area contributed by atoms with E-state index in [0.29, 0.717) is 11.4 Å². The zero-order valence-corrected chi connectivity index (χ0v) is 15.5. The number of benzene rings is 1. The summed E-state index contributed by atoms with van der Waals surface area (Å²) in [7, 11) is 2.47. The van der Waals surface area contributed by atoms with Crippen molar-refractivity contribution in [1.82, 2.24) is 0 Å². The number of carbonyl (C=O) groups is 3. The lowest BCUT2D eigenvalue weighted by molar-refractivity contribution is -0.140. The molecule has 1 amide bonds. The van der Waals surface area contributed by atoms with Crippen molar-refractivity contribution in [2.75, 3.05) is 37.8 Å². The molecule has 26 heavy (non-hydrogen) atoms. The number of rotatable bonds is 4. The molecule has 0 atom stereocenters. The highest BCUT2D eigenvalue weighted by atomic mass is 16.5. The smallest absolute Gasteiger partial charge is 0.355 e. The minimum atomic E-state index is -0.672. The number of nitrogens with one attached hydrogen (secondary N) is 1. The van der Waals surface area contributed by atoms with Crippen LogP contribution in [0.1, 0.15) is 18.1 Å². The van der Waals surface area contributed by atoms with Gasteiger partial charge in [0.15, 0.2) is 0 Å². The molecule has 1 aromatic rings. The molecule has 0 aliphatic carbocycles. The Kier molecular flexibility index (Phi) is 5.99. The number of hydrogen-bond acceptors (Lipinski definition) is 7. The standard InChI is InChI=1S/C18H22N2O6/c1-10-6-7-14(11(2)15(10)19-12(3)21)20-9-26-8-13(17(22)24-4)16(20)18(23)25-5/h6-7H,8-9H2,1-5H3,(H,19,21). The highest BCUT2D eigenvalue weighted by molar-refractivity contribution is 6.04. The minimum Gasteiger partial charge on any atom is -0.466 e. The first-order valence-corrected chi connectivity index (χ1v) is 7.94. The molecule has 0 bridgehead atoms. The topological polar surface area (TPSA) is 94.2 Å². The molecule has 1 aromatic carbocycles. The van der Waals surface area contributed by atoms with E-state index in [9.17, 15) is 14.4 Å². The van der Waals surface area contributed by atoms with Gasteiger partial charge in [0.05, 0.1) is 26.4 Å². The quantitative estimate of drug-likeness (QED) is 0.814. The molecule has 2 rings (SSSR count). The summed E-state index contributed by atoms with van der Waals surface area (Å²) < 4.78 is 15.1. The largest absolute Gasteiger partial charge is 0.466 e. The van der Waals surface area contributed by atoms with E-state index in [1.807, 2.05) is 19.9 Å². The van der Waals surface area contributed by atoms with Crippen LogP contribution >= 0.6 is 0 Å². The number of anilines is 2. The molecule has 1 N–H and O–H groups in total. The van der Waals surface area contributed by atoms with Gasteiger partial charge in [0.2, 0.25) is 5.91 Å². The van der Waals surface area contributed by atoms with Gasteiger partial charge in [-0.3, -0.25) is 4.79 Å². The average Bonchev–Trinajstić information content (AvgIpc) is 2.63. The first kappa shape index (κ1) is 19.5. The lowest BCUT2D eigenvalue weighted by Gasteiger charge is -2.33. The number of ether oxygens (including phenoxy) is 3. The van der Waals surface area contributed by atoms with E-state index in [-0.39, 0.29) is 30.5 Å². The molecule has 140 valence electrons. The number of esters is 2. The van der Waals surface area contributed by atoms with Crippen LogP contribution in [0.4, 0.5) is 11.4 Å². The average molecular weight is 362 g/mol. The summed E-state index contributed by atoms with van der Waals surface area (Å²) in [6, 6.07) is 3.61. The van der Waals surface area contributed by atoms with Gasteiger partial charge < -0.3 is 24.4 Å². The molecule has 1 aliphatic heterocycles. The Morgan fingerprint density at radius 2 is 1.77 bits per heavy atom. The van der Waals surface area contributed by atoms with Crippen LogP contribution in [0.5, 0.6) is 0 Å².